The van der Waals surface area contributed by atoms with Gasteiger partial charge in [0.25, 0.3) is 0 Å². The smallest absolute Gasteiger partial charge is 0.161 e. The summed E-state index contributed by atoms with van der Waals surface area (Å²) in [5.41, 5.74) is 2.95. The molecule has 2 N–H and O–H groups in total. The average Bonchev–Trinajstić information content (AvgIpc) is 2.87. The van der Waals surface area contributed by atoms with Crippen molar-refractivity contribution in [2.24, 2.45) is 13.0 Å². The summed E-state index contributed by atoms with van der Waals surface area (Å²) in [5, 5.41) is 18.0. The van der Waals surface area contributed by atoms with Crippen LogP contribution in [0.3, 0.4) is 0 Å². The molecule has 0 bridgehead atoms. The Labute approximate surface area is 166 Å². The number of ether oxygens (including phenoxy) is 3. The molecule has 1 atom stereocenters. The second-order valence-electron chi connectivity index (χ2n) is 7.60. The summed E-state index contributed by atoms with van der Waals surface area (Å²) in [6.07, 6.45) is 2.34. The zero-order chi connectivity index (χ0) is 19.9. The topological polar surface area (TPSA) is 77.8 Å². The third kappa shape index (κ3) is 5.70. The van der Waals surface area contributed by atoms with Gasteiger partial charge in [-0.2, -0.15) is 5.10 Å². The number of hydrogen-bond donors (Lipinski definition) is 2. The summed E-state index contributed by atoms with van der Waals surface area (Å²) in [7, 11) is 1.91. The normalized spacial score (nSPS) is 14.9. The predicted octanol–water partition coefficient (Wildman–Crippen LogP) is 2.37. The van der Waals surface area contributed by atoms with Gasteiger partial charge < -0.3 is 24.6 Å². The molecule has 0 amide bonds. The number of nitrogens with one attached hydrogen (secondary N) is 1. The van der Waals surface area contributed by atoms with Crippen molar-refractivity contribution in [2.75, 3.05) is 33.0 Å². The first-order chi connectivity index (χ1) is 13.5. The van der Waals surface area contributed by atoms with E-state index in [1.165, 1.54) is 0 Å². The highest BCUT2D eigenvalue weighted by molar-refractivity contribution is 5.66. The van der Waals surface area contributed by atoms with Crippen molar-refractivity contribution < 1.29 is 19.3 Å². The summed E-state index contributed by atoms with van der Waals surface area (Å²) in [6.45, 7) is 7.59. The largest absolute Gasteiger partial charge is 0.490 e. The van der Waals surface area contributed by atoms with Gasteiger partial charge in [-0.1, -0.05) is 13.8 Å². The number of aliphatic hydroxyl groups is 1. The Morgan fingerprint density at radius 2 is 2.00 bits per heavy atom. The Bertz CT molecular complexity index is 760. The minimum Gasteiger partial charge on any atom is -0.490 e. The SMILES string of the molecule is CC(C)COCC(O)CNCc1cn(C)nc1-c1ccc2c(c1)OCCCO2. The van der Waals surface area contributed by atoms with E-state index in [1.54, 1.807) is 4.68 Å². The lowest BCUT2D eigenvalue weighted by Crippen LogP contribution is -2.30. The van der Waals surface area contributed by atoms with Gasteiger partial charge in [0.1, 0.15) is 0 Å². The van der Waals surface area contributed by atoms with Crippen LogP contribution in [0.2, 0.25) is 0 Å². The van der Waals surface area contributed by atoms with E-state index in [-0.39, 0.29) is 0 Å². The lowest BCUT2D eigenvalue weighted by atomic mass is 10.1. The molecule has 7 nitrogen and oxygen atoms in total. The van der Waals surface area contributed by atoms with Gasteiger partial charge >= 0.3 is 0 Å². The fraction of sp³-hybridized carbons (Fsp3) is 0.571. The molecule has 0 spiro atoms. The number of benzene rings is 1. The van der Waals surface area contributed by atoms with Crippen LogP contribution in [-0.4, -0.2) is 54.0 Å². The molecule has 1 aromatic heterocycles. The molecule has 0 radical (unpaired) electrons. The van der Waals surface area contributed by atoms with E-state index in [0.29, 0.717) is 45.4 Å². The first-order valence-corrected chi connectivity index (χ1v) is 9.92. The van der Waals surface area contributed by atoms with Crippen LogP contribution >= 0.6 is 0 Å². The van der Waals surface area contributed by atoms with Crippen molar-refractivity contribution in [3.63, 3.8) is 0 Å². The molecule has 0 aliphatic carbocycles. The molecule has 1 aliphatic rings. The van der Waals surface area contributed by atoms with Gasteiger partial charge in [-0.25, -0.2) is 0 Å². The van der Waals surface area contributed by atoms with Crippen molar-refractivity contribution in [1.82, 2.24) is 15.1 Å². The van der Waals surface area contributed by atoms with Crippen LogP contribution in [0.4, 0.5) is 0 Å². The average molecular weight is 389 g/mol. The van der Waals surface area contributed by atoms with Crippen molar-refractivity contribution in [2.45, 2.75) is 32.9 Å². The Kier molecular flexibility index (Phi) is 7.30. The molecular weight excluding hydrogens is 358 g/mol. The maximum Gasteiger partial charge on any atom is 0.161 e. The van der Waals surface area contributed by atoms with E-state index in [2.05, 4.69) is 24.3 Å². The summed E-state index contributed by atoms with van der Waals surface area (Å²) in [6, 6.07) is 5.94. The van der Waals surface area contributed by atoms with Gasteiger partial charge in [0.05, 0.1) is 31.6 Å². The van der Waals surface area contributed by atoms with Crippen molar-refractivity contribution in [3.8, 4) is 22.8 Å². The molecule has 0 saturated heterocycles. The second kappa shape index (κ2) is 9.91. The van der Waals surface area contributed by atoms with Crippen LogP contribution < -0.4 is 14.8 Å². The van der Waals surface area contributed by atoms with Crippen LogP contribution in [-0.2, 0) is 18.3 Å². The summed E-state index contributed by atoms with van der Waals surface area (Å²) < 4.78 is 18.8. The molecule has 0 saturated carbocycles. The molecule has 1 aliphatic heterocycles. The molecule has 3 rings (SSSR count). The van der Waals surface area contributed by atoms with Crippen LogP contribution in [0.15, 0.2) is 24.4 Å². The third-order valence-corrected chi connectivity index (χ3v) is 4.38. The molecule has 2 aromatic rings. The molecule has 1 unspecified atom stereocenters. The zero-order valence-electron chi connectivity index (χ0n) is 17.0. The standard InChI is InChI=1S/C21H31N3O4/c1-15(2)13-26-14-18(25)11-22-10-17-12-24(3)23-21(17)16-5-6-19-20(9-16)28-8-4-7-27-19/h5-6,9,12,15,18,22,25H,4,7-8,10-11,13-14H2,1-3H3. The number of aromatic nitrogens is 2. The van der Waals surface area contributed by atoms with Crippen LogP contribution in [0.5, 0.6) is 11.5 Å². The number of fused-ring (bicyclic) bond motifs is 1. The van der Waals surface area contributed by atoms with E-state index in [9.17, 15) is 5.11 Å². The van der Waals surface area contributed by atoms with Crippen molar-refractivity contribution in [1.29, 1.82) is 0 Å². The van der Waals surface area contributed by atoms with E-state index < -0.39 is 6.10 Å². The highest BCUT2D eigenvalue weighted by Crippen LogP contribution is 2.34. The van der Waals surface area contributed by atoms with Gasteiger partial charge in [0.2, 0.25) is 0 Å². The fourth-order valence-corrected chi connectivity index (χ4v) is 3.09. The van der Waals surface area contributed by atoms with E-state index in [4.69, 9.17) is 14.2 Å². The lowest BCUT2D eigenvalue weighted by Gasteiger charge is -2.13. The number of nitrogens with zero attached hydrogens (tertiary/aromatic N) is 2. The first-order valence-electron chi connectivity index (χ1n) is 9.92. The zero-order valence-corrected chi connectivity index (χ0v) is 17.0. The number of hydrogen-bond acceptors (Lipinski definition) is 6. The molecular formula is C21H31N3O4. The van der Waals surface area contributed by atoms with Gasteiger partial charge in [-0.15, -0.1) is 0 Å². The minimum atomic E-state index is -0.531. The minimum absolute atomic E-state index is 0.341. The van der Waals surface area contributed by atoms with Crippen LogP contribution in [0.1, 0.15) is 25.8 Å². The predicted molar refractivity (Wildman–Crippen MR) is 108 cm³/mol. The second-order valence-corrected chi connectivity index (χ2v) is 7.60. The monoisotopic (exact) mass is 389 g/mol. The highest BCUT2D eigenvalue weighted by Gasteiger charge is 2.16. The third-order valence-electron chi connectivity index (χ3n) is 4.38. The van der Waals surface area contributed by atoms with Gasteiger partial charge in [-0.3, -0.25) is 4.68 Å². The molecule has 1 aromatic carbocycles. The summed E-state index contributed by atoms with van der Waals surface area (Å²) in [5.74, 6) is 2.01. The Balaban J connectivity index is 1.61. The van der Waals surface area contributed by atoms with Gasteiger partial charge in [0.15, 0.2) is 11.5 Å². The van der Waals surface area contributed by atoms with E-state index in [1.807, 2.05) is 31.4 Å². The van der Waals surface area contributed by atoms with Gasteiger partial charge in [0, 0.05) is 50.5 Å². The molecule has 28 heavy (non-hydrogen) atoms. The van der Waals surface area contributed by atoms with Crippen molar-refractivity contribution in [3.05, 3.63) is 30.0 Å². The number of aliphatic hydroxyl groups excluding tert-OH is 1. The maximum absolute atomic E-state index is 10.1. The number of rotatable bonds is 9. The number of aryl methyl sites for hydroxylation is 1. The quantitative estimate of drug-likeness (QED) is 0.686. The fourth-order valence-electron chi connectivity index (χ4n) is 3.09. The summed E-state index contributed by atoms with van der Waals surface area (Å²) >= 11 is 0. The highest BCUT2D eigenvalue weighted by atomic mass is 16.5. The Hall–Kier alpha value is -2.09. The summed E-state index contributed by atoms with van der Waals surface area (Å²) in [4.78, 5) is 0. The Morgan fingerprint density at radius 1 is 1.21 bits per heavy atom. The first kappa shape index (κ1) is 20.6. The van der Waals surface area contributed by atoms with Crippen LogP contribution in [0.25, 0.3) is 11.3 Å². The van der Waals surface area contributed by atoms with E-state index >= 15 is 0 Å². The Morgan fingerprint density at radius 3 is 2.79 bits per heavy atom. The molecule has 0 fully saturated rings. The maximum atomic E-state index is 10.1. The van der Waals surface area contributed by atoms with Gasteiger partial charge in [-0.05, 0) is 24.1 Å². The van der Waals surface area contributed by atoms with E-state index in [0.717, 1.165) is 34.7 Å². The lowest BCUT2D eigenvalue weighted by molar-refractivity contribution is 0.0260. The van der Waals surface area contributed by atoms with Crippen molar-refractivity contribution >= 4 is 0 Å². The molecule has 154 valence electrons. The molecule has 7 heteroatoms. The van der Waals surface area contributed by atoms with Crippen LogP contribution in [0, 0.1) is 5.92 Å². The molecule has 2 heterocycles.